The largest absolute Gasteiger partial charge is 0.490 e. The lowest BCUT2D eigenvalue weighted by molar-refractivity contribution is -0.121. The Balaban J connectivity index is 1.59. The Labute approximate surface area is 147 Å². The summed E-state index contributed by atoms with van der Waals surface area (Å²) in [5, 5.41) is 6.95. The fraction of sp³-hybridized carbons (Fsp3) is 0.474. The maximum Gasteiger partial charge on any atom is 0.220 e. The second kappa shape index (κ2) is 7.59. The molecule has 3 rings (SSSR count). The molecule has 2 aromatic rings. The van der Waals surface area contributed by atoms with E-state index in [-0.39, 0.29) is 11.9 Å². The topological polar surface area (TPSA) is 73.6 Å². The van der Waals surface area contributed by atoms with Crippen molar-refractivity contribution in [3.8, 4) is 11.5 Å². The highest BCUT2D eigenvalue weighted by atomic mass is 16.5. The number of carbonyl (C=O) groups excluding carboxylic acids is 1. The van der Waals surface area contributed by atoms with Crippen LogP contribution >= 0.6 is 0 Å². The summed E-state index contributed by atoms with van der Waals surface area (Å²) in [6.07, 6.45) is 1.90. The van der Waals surface area contributed by atoms with Crippen LogP contribution in [0.25, 0.3) is 0 Å². The van der Waals surface area contributed by atoms with Crippen molar-refractivity contribution in [1.82, 2.24) is 10.5 Å². The van der Waals surface area contributed by atoms with Crippen LogP contribution in [0, 0.1) is 13.8 Å². The second-order valence-electron chi connectivity index (χ2n) is 6.35. The minimum atomic E-state index is -0.102. The van der Waals surface area contributed by atoms with E-state index in [4.69, 9.17) is 14.0 Å². The summed E-state index contributed by atoms with van der Waals surface area (Å²) in [5.74, 6) is 2.28. The molecule has 2 heterocycles. The van der Waals surface area contributed by atoms with E-state index >= 15 is 0 Å². The Kier molecular flexibility index (Phi) is 5.26. The lowest BCUT2D eigenvalue weighted by Crippen LogP contribution is -2.26. The molecule has 6 heteroatoms. The Hall–Kier alpha value is -2.50. The second-order valence-corrected chi connectivity index (χ2v) is 6.35. The van der Waals surface area contributed by atoms with Crippen LogP contribution in [0.4, 0.5) is 0 Å². The smallest absolute Gasteiger partial charge is 0.220 e. The molecule has 0 unspecified atom stereocenters. The molecule has 1 N–H and O–H groups in total. The van der Waals surface area contributed by atoms with E-state index in [0.29, 0.717) is 26.1 Å². The number of aromatic nitrogens is 1. The van der Waals surface area contributed by atoms with E-state index < -0.39 is 0 Å². The van der Waals surface area contributed by atoms with Crippen LogP contribution in [-0.4, -0.2) is 24.3 Å². The number of amides is 1. The third kappa shape index (κ3) is 4.13. The van der Waals surface area contributed by atoms with E-state index in [9.17, 15) is 4.79 Å². The average Bonchev–Trinajstić information content (AvgIpc) is 2.79. The molecule has 0 bridgehead atoms. The third-order valence-electron chi connectivity index (χ3n) is 4.43. The van der Waals surface area contributed by atoms with E-state index in [1.165, 1.54) is 0 Å². The number of aryl methyl sites for hydroxylation is 2. The molecule has 0 saturated carbocycles. The minimum absolute atomic E-state index is 0.000360. The molecule has 0 fully saturated rings. The fourth-order valence-electron chi connectivity index (χ4n) is 2.94. The highest BCUT2D eigenvalue weighted by Gasteiger charge is 2.16. The highest BCUT2D eigenvalue weighted by Crippen LogP contribution is 2.32. The van der Waals surface area contributed by atoms with Gasteiger partial charge in [0.1, 0.15) is 5.76 Å². The molecule has 25 heavy (non-hydrogen) atoms. The Morgan fingerprint density at radius 1 is 1.24 bits per heavy atom. The van der Waals surface area contributed by atoms with Crippen molar-refractivity contribution in [3.63, 3.8) is 0 Å². The molecule has 0 radical (unpaired) electrons. The number of carbonyl (C=O) groups is 1. The first-order valence-electron chi connectivity index (χ1n) is 8.65. The zero-order valence-electron chi connectivity index (χ0n) is 14.9. The predicted molar refractivity (Wildman–Crippen MR) is 92.9 cm³/mol. The molecule has 1 aromatic carbocycles. The van der Waals surface area contributed by atoms with Crippen molar-refractivity contribution < 1.29 is 18.8 Å². The number of nitrogens with zero attached hydrogens (tertiary/aromatic N) is 1. The molecule has 0 saturated heterocycles. The van der Waals surface area contributed by atoms with Crippen molar-refractivity contribution in [1.29, 1.82) is 0 Å². The number of rotatable bonds is 5. The number of ether oxygens (including phenoxy) is 2. The summed E-state index contributed by atoms with van der Waals surface area (Å²) in [7, 11) is 0. The molecule has 1 aliphatic rings. The zero-order valence-corrected chi connectivity index (χ0v) is 14.9. The summed E-state index contributed by atoms with van der Waals surface area (Å²) in [5.41, 5.74) is 2.86. The van der Waals surface area contributed by atoms with Gasteiger partial charge in [0.25, 0.3) is 0 Å². The summed E-state index contributed by atoms with van der Waals surface area (Å²) in [6, 6.07) is 5.71. The van der Waals surface area contributed by atoms with Gasteiger partial charge in [-0.05, 0) is 44.9 Å². The maximum atomic E-state index is 12.3. The van der Waals surface area contributed by atoms with Gasteiger partial charge in [-0.25, -0.2) is 0 Å². The van der Waals surface area contributed by atoms with Crippen LogP contribution in [-0.2, 0) is 11.2 Å². The van der Waals surface area contributed by atoms with Crippen molar-refractivity contribution in [2.45, 2.75) is 46.1 Å². The molecule has 6 nitrogen and oxygen atoms in total. The fourth-order valence-corrected chi connectivity index (χ4v) is 2.94. The van der Waals surface area contributed by atoms with Crippen LogP contribution in [0.15, 0.2) is 22.7 Å². The van der Waals surface area contributed by atoms with Crippen molar-refractivity contribution in [2.24, 2.45) is 0 Å². The summed E-state index contributed by atoms with van der Waals surface area (Å²) in [4.78, 5) is 12.3. The number of fused-ring (bicyclic) bond motifs is 1. The van der Waals surface area contributed by atoms with Gasteiger partial charge in [-0.15, -0.1) is 0 Å². The molecule has 1 atom stereocenters. The minimum Gasteiger partial charge on any atom is -0.490 e. The predicted octanol–water partition coefficient (Wildman–Crippen LogP) is 3.26. The Bertz CT molecular complexity index is 734. The maximum absolute atomic E-state index is 12.3. The molecule has 1 aliphatic heterocycles. The number of benzene rings is 1. The standard InChI is InChI=1S/C19H24N2O4/c1-12(15-5-7-17-18(11-15)24-10-4-9-23-17)20-19(22)8-6-16-13(2)21-25-14(16)3/h5,7,11-12H,4,6,8-10H2,1-3H3,(H,20,22)/t12-/m0/s1. The summed E-state index contributed by atoms with van der Waals surface area (Å²) in [6.45, 7) is 7.04. The number of nitrogens with one attached hydrogen (secondary N) is 1. The lowest BCUT2D eigenvalue weighted by Gasteiger charge is -2.16. The van der Waals surface area contributed by atoms with E-state index in [0.717, 1.165) is 40.5 Å². The zero-order chi connectivity index (χ0) is 17.8. The highest BCUT2D eigenvalue weighted by molar-refractivity contribution is 5.76. The molecule has 1 amide bonds. The summed E-state index contributed by atoms with van der Waals surface area (Å²) >= 11 is 0. The monoisotopic (exact) mass is 344 g/mol. The van der Waals surface area contributed by atoms with Gasteiger partial charge >= 0.3 is 0 Å². The van der Waals surface area contributed by atoms with Crippen molar-refractivity contribution in [2.75, 3.05) is 13.2 Å². The van der Waals surface area contributed by atoms with Gasteiger partial charge in [0.15, 0.2) is 11.5 Å². The first kappa shape index (κ1) is 17.3. The quantitative estimate of drug-likeness (QED) is 0.901. The normalized spacial score (nSPS) is 14.7. The molecule has 0 aliphatic carbocycles. The van der Waals surface area contributed by atoms with Crippen molar-refractivity contribution in [3.05, 3.63) is 40.8 Å². The van der Waals surface area contributed by atoms with Gasteiger partial charge in [-0.1, -0.05) is 11.2 Å². The first-order valence-corrected chi connectivity index (χ1v) is 8.65. The van der Waals surface area contributed by atoms with E-state index in [2.05, 4.69) is 10.5 Å². The molecule has 134 valence electrons. The Morgan fingerprint density at radius 2 is 2.00 bits per heavy atom. The molecular formula is C19H24N2O4. The lowest BCUT2D eigenvalue weighted by atomic mass is 10.1. The van der Waals surface area contributed by atoms with Gasteiger partial charge in [0.05, 0.1) is 24.9 Å². The van der Waals surface area contributed by atoms with E-state index in [1.54, 1.807) is 0 Å². The molecular weight excluding hydrogens is 320 g/mol. The first-order chi connectivity index (χ1) is 12.0. The summed E-state index contributed by atoms with van der Waals surface area (Å²) < 4.78 is 16.5. The number of hydrogen-bond acceptors (Lipinski definition) is 5. The van der Waals surface area contributed by atoms with E-state index in [1.807, 2.05) is 39.0 Å². The van der Waals surface area contributed by atoms with Crippen LogP contribution in [0.2, 0.25) is 0 Å². The molecule has 0 spiro atoms. The third-order valence-corrected chi connectivity index (χ3v) is 4.43. The SMILES string of the molecule is Cc1noc(C)c1CCC(=O)N[C@@H](C)c1ccc2c(c1)OCCCO2. The van der Waals surface area contributed by atoms with Crippen LogP contribution in [0.3, 0.4) is 0 Å². The van der Waals surface area contributed by atoms with Gasteiger partial charge in [0, 0.05) is 18.4 Å². The van der Waals surface area contributed by atoms with Crippen molar-refractivity contribution >= 4 is 5.91 Å². The van der Waals surface area contributed by atoms with Crippen LogP contribution < -0.4 is 14.8 Å². The van der Waals surface area contributed by atoms with Crippen LogP contribution in [0.1, 0.15) is 48.4 Å². The van der Waals surface area contributed by atoms with Gasteiger partial charge in [-0.3, -0.25) is 4.79 Å². The van der Waals surface area contributed by atoms with Gasteiger partial charge in [-0.2, -0.15) is 0 Å². The van der Waals surface area contributed by atoms with Gasteiger partial charge in [0.2, 0.25) is 5.91 Å². The average molecular weight is 344 g/mol. The van der Waals surface area contributed by atoms with Gasteiger partial charge < -0.3 is 19.3 Å². The van der Waals surface area contributed by atoms with Crippen LogP contribution in [0.5, 0.6) is 11.5 Å². The number of hydrogen-bond donors (Lipinski definition) is 1. The molecule has 1 aromatic heterocycles. The Morgan fingerprint density at radius 3 is 2.72 bits per heavy atom.